The molecule has 1 aromatic heterocycles. The van der Waals surface area contributed by atoms with Gasteiger partial charge in [-0.1, -0.05) is 29.8 Å². The van der Waals surface area contributed by atoms with Crippen molar-refractivity contribution >= 4 is 22.7 Å². The molecule has 1 fully saturated rings. The van der Waals surface area contributed by atoms with Crippen molar-refractivity contribution in [1.82, 2.24) is 5.32 Å². The zero-order valence-corrected chi connectivity index (χ0v) is 11.6. The summed E-state index contributed by atoms with van der Waals surface area (Å²) in [7, 11) is 0. The highest BCUT2D eigenvalue weighted by Gasteiger charge is 2.26. The van der Waals surface area contributed by atoms with Crippen LogP contribution in [0.15, 0.2) is 41.3 Å². The molecule has 0 unspecified atom stereocenters. The lowest BCUT2D eigenvalue weighted by atomic mass is 9.88. The monoisotopic (exact) mass is 305 g/mol. The number of benzene rings is 1. The minimum absolute atomic E-state index is 0.0225. The van der Waals surface area contributed by atoms with Crippen molar-refractivity contribution in [3.05, 3.63) is 62.9 Å². The van der Waals surface area contributed by atoms with Gasteiger partial charge in [0, 0.05) is 25.6 Å². The fourth-order valence-corrected chi connectivity index (χ4v) is 3.26. The minimum Gasteiger partial charge on any atom is -0.316 e. The molecule has 2 heterocycles. The molecule has 0 atom stereocenters. The van der Waals surface area contributed by atoms with Gasteiger partial charge in [-0.05, 0) is 53.9 Å². The van der Waals surface area contributed by atoms with Gasteiger partial charge in [0.2, 0.25) is 0 Å². The van der Waals surface area contributed by atoms with Crippen LogP contribution < -0.4 is 5.32 Å². The predicted octanol–water partition coefficient (Wildman–Crippen LogP) is 3.67. The molecule has 0 radical (unpaired) electrons. The van der Waals surface area contributed by atoms with E-state index in [1.165, 1.54) is 35.7 Å². The summed E-state index contributed by atoms with van der Waals surface area (Å²) in [5.74, 6) is -0.873. The third-order valence-electron chi connectivity index (χ3n) is 3.34. The first-order chi connectivity index (χ1) is 14.1. The molecular formula is C18H17NOS. The van der Waals surface area contributed by atoms with E-state index >= 15 is 0 Å². The van der Waals surface area contributed by atoms with E-state index in [1.54, 1.807) is 0 Å². The van der Waals surface area contributed by atoms with Crippen molar-refractivity contribution in [1.29, 1.82) is 0 Å². The highest BCUT2D eigenvalue weighted by molar-refractivity contribution is 7.12. The maximum atomic E-state index is 13.1. The summed E-state index contributed by atoms with van der Waals surface area (Å²) in [4.78, 5) is 13.0. The molecule has 2 aromatic rings. The number of thiophene rings is 1. The van der Waals surface area contributed by atoms with Crippen LogP contribution in [0.5, 0.6) is 0 Å². The Morgan fingerprint density at radius 2 is 1.90 bits per heavy atom. The van der Waals surface area contributed by atoms with Crippen molar-refractivity contribution in [2.24, 2.45) is 0 Å². The van der Waals surface area contributed by atoms with E-state index in [9.17, 15) is 4.79 Å². The number of rotatable bonds is 0. The van der Waals surface area contributed by atoms with Crippen LogP contribution in [-0.2, 0) is 6.37 Å². The predicted molar refractivity (Wildman–Crippen MR) is 86.9 cm³/mol. The van der Waals surface area contributed by atoms with Crippen LogP contribution in [0.2, 0.25) is 0 Å². The smallest absolute Gasteiger partial charge is 0.177 e. The first-order valence-corrected chi connectivity index (χ1v) is 7.22. The van der Waals surface area contributed by atoms with Crippen molar-refractivity contribution in [2.45, 2.75) is 19.1 Å². The van der Waals surface area contributed by atoms with Crippen LogP contribution in [-0.4, -0.2) is 18.8 Å². The number of piperidine rings is 1. The van der Waals surface area contributed by atoms with E-state index < -0.39 is 43.5 Å². The third-order valence-corrected chi connectivity index (χ3v) is 4.25. The van der Waals surface area contributed by atoms with Gasteiger partial charge in [-0.2, -0.15) is 0 Å². The Hall–Kier alpha value is -1.71. The summed E-state index contributed by atoms with van der Waals surface area (Å²) in [5, 5.41) is 3.30. The van der Waals surface area contributed by atoms with Gasteiger partial charge in [-0.3, -0.25) is 4.79 Å². The van der Waals surface area contributed by atoms with Crippen LogP contribution >= 0.6 is 11.3 Å². The molecule has 3 heteroatoms. The average molecular weight is 305 g/mol. The first kappa shape index (κ1) is 6.19. The molecule has 1 aliphatic heterocycles. The topological polar surface area (TPSA) is 29.1 Å². The number of Topliss-reactive ketones (excluding diaryl/α,β-unsaturated/α-hetero) is 1. The lowest BCUT2D eigenvalue weighted by Crippen LogP contribution is -2.24. The summed E-state index contributed by atoms with van der Waals surface area (Å²) in [6.07, 6.45) is -8.57. The molecule has 0 saturated carbocycles. The molecule has 2 aliphatic rings. The van der Waals surface area contributed by atoms with E-state index in [2.05, 4.69) is 0 Å². The second kappa shape index (κ2) is 5.24. The largest absolute Gasteiger partial charge is 0.316 e. The molecule has 0 spiro atoms. The quantitative estimate of drug-likeness (QED) is 0.804. The molecule has 21 heavy (non-hydrogen) atoms. The van der Waals surface area contributed by atoms with Gasteiger partial charge in [0.05, 0.1) is 4.88 Å². The summed E-state index contributed by atoms with van der Waals surface area (Å²) in [5.41, 5.74) is -1.05. The minimum atomic E-state index is -3.04. The summed E-state index contributed by atoms with van der Waals surface area (Å²) in [6, 6.07) is 7.20. The summed E-state index contributed by atoms with van der Waals surface area (Å²) >= 11 is 0.916. The van der Waals surface area contributed by atoms with Crippen LogP contribution in [0.4, 0.5) is 0 Å². The number of hydrogen-bond acceptors (Lipinski definition) is 3. The van der Waals surface area contributed by atoms with E-state index in [4.69, 9.17) is 13.7 Å². The Labute approximate surface area is 142 Å². The molecule has 4 rings (SSSR count). The molecular weight excluding hydrogens is 278 g/mol. The average Bonchev–Trinajstić information content (AvgIpc) is 3.09. The van der Waals surface area contributed by atoms with Crippen molar-refractivity contribution in [2.75, 3.05) is 13.0 Å². The van der Waals surface area contributed by atoms with Crippen molar-refractivity contribution < 1.29 is 18.5 Å². The molecule has 1 saturated heterocycles. The zero-order chi connectivity index (χ0) is 23.2. The molecule has 1 aliphatic carbocycles. The fraction of sp³-hybridized carbons (Fsp3) is 0.278. The lowest BCUT2D eigenvalue weighted by Gasteiger charge is -2.21. The highest BCUT2D eigenvalue weighted by atomic mass is 32.1. The van der Waals surface area contributed by atoms with Gasteiger partial charge >= 0.3 is 0 Å². The second-order valence-electron chi connectivity index (χ2n) is 4.54. The molecule has 106 valence electrons. The third kappa shape index (κ3) is 2.17. The van der Waals surface area contributed by atoms with E-state index in [-0.39, 0.29) is 27.1 Å². The lowest BCUT2D eigenvalue weighted by molar-refractivity contribution is 0.0997. The van der Waals surface area contributed by atoms with E-state index in [1.807, 2.05) is 5.32 Å². The maximum absolute atomic E-state index is 13.1. The SMILES string of the molecule is [2H]C1([2H])C(=O)c2sccc2C(=C2C([2H])([2H])C([2H])([2H])NC([2H])([2H])C2([2H])[2H])c2ccccc21. The normalized spacial score (nSPS) is 37.2. The van der Waals surface area contributed by atoms with Gasteiger partial charge in [-0.25, -0.2) is 0 Å². The Kier molecular flexibility index (Phi) is 1.55. The highest BCUT2D eigenvalue weighted by Crippen LogP contribution is 2.39. The number of fused-ring (bicyclic) bond motifs is 2. The molecule has 1 N–H and O–H groups in total. The van der Waals surface area contributed by atoms with Crippen molar-refractivity contribution in [3.8, 4) is 0 Å². The number of nitrogens with one attached hydrogen (secondary N) is 1. The standard InChI is InChI=1S/C18H17NOS/c20-16-11-13-3-1-2-4-14(13)17(12-5-8-19-9-6-12)15-7-10-21-18(15)16/h1-4,7,10,19H,5-6,8-9,11H2/i5D2,6D2,8D2,9D2,11D2. The second-order valence-corrected chi connectivity index (χ2v) is 5.45. The van der Waals surface area contributed by atoms with Gasteiger partial charge < -0.3 is 5.32 Å². The van der Waals surface area contributed by atoms with Crippen LogP contribution in [0.3, 0.4) is 0 Å². The maximum Gasteiger partial charge on any atom is 0.177 e. The van der Waals surface area contributed by atoms with E-state index in [0.717, 1.165) is 11.3 Å². The molecule has 0 bridgehead atoms. The molecule has 2 nitrogen and oxygen atoms in total. The van der Waals surface area contributed by atoms with Gasteiger partial charge in [0.15, 0.2) is 5.78 Å². The Morgan fingerprint density at radius 3 is 2.76 bits per heavy atom. The number of carbonyl (C=O) groups is 1. The van der Waals surface area contributed by atoms with Gasteiger partial charge in [0.1, 0.15) is 0 Å². The van der Waals surface area contributed by atoms with E-state index in [0.29, 0.717) is 0 Å². The van der Waals surface area contributed by atoms with Crippen LogP contribution in [0.25, 0.3) is 5.57 Å². The Morgan fingerprint density at radius 1 is 1.10 bits per heavy atom. The summed E-state index contributed by atoms with van der Waals surface area (Å²) in [6.45, 7) is -5.99. The zero-order valence-electron chi connectivity index (χ0n) is 20.8. The number of hydrogen-bond donors (Lipinski definition) is 1. The molecule has 1 aromatic carbocycles. The Balaban J connectivity index is 2.26. The van der Waals surface area contributed by atoms with Gasteiger partial charge in [-0.15, -0.1) is 11.3 Å². The van der Waals surface area contributed by atoms with Crippen LogP contribution in [0.1, 0.15) is 52.8 Å². The number of ketones is 1. The van der Waals surface area contributed by atoms with Crippen LogP contribution in [0, 0.1) is 0 Å². The first-order valence-electron chi connectivity index (χ1n) is 11.3. The fourth-order valence-electron chi connectivity index (χ4n) is 2.46. The molecule has 0 amide bonds. The van der Waals surface area contributed by atoms with Gasteiger partial charge in [0.25, 0.3) is 0 Å². The summed E-state index contributed by atoms with van der Waals surface area (Å²) < 4.78 is 83.3. The van der Waals surface area contributed by atoms with Crippen molar-refractivity contribution in [3.63, 3.8) is 0 Å². The Bertz CT molecular complexity index is 1110. The number of carbonyl (C=O) groups excluding carboxylic acids is 1.